The molecule has 0 spiro atoms. The summed E-state index contributed by atoms with van der Waals surface area (Å²) in [5.41, 5.74) is 1.17. The third kappa shape index (κ3) is 2.18. The van der Waals surface area contributed by atoms with E-state index in [0.717, 1.165) is 12.2 Å². The van der Waals surface area contributed by atoms with Crippen LogP contribution in [0.1, 0.15) is 24.3 Å². The van der Waals surface area contributed by atoms with Crippen LogP contribution in [0.5, 0.6) is 5.75 Å². The minimum absolute atomic E-state index is 0.182. The van der Waals surface area contributed by atoms with Crippen LogP contribution in [0.3, 0.4) is 0 Å². The molecule has 0 aliphatic carbocycles. The van der Waals surface area contributed by atoms with E-state index in [0.29, 0.717) is 18.9 Å². The Hall–Kier alpha value is -1.51. The predicted molar refractivity (Wildman–Crippen MR) is 62.6 cm³/mol. The van der Waals surface area contributed by atoms with Crippen LogP contribution in [-0.2, 0) is 4.79 Å². The third-order valence-corrected chi connectivity index (χ3v) is 3.00. The van der Waals surface area contributed by atoms with Crippen LogP contribution in [-0.4, -0.2) is 31.5 Å². The lowest BCUT2D eigenvalue weighted by atomic mass is 9.90. The zero-order valence-corrected chi connectivity index (χ0v) is 9.77. The fraction of sp³-hybridized carbons (Fsp3) is 0.462. The van der Waals surface area contributed by atoms with Crippen molar-refractivity contribution in [1.29, 1.82) is 0 Å². The zero-order valence-electron chi connectivity index (χ0n) is 9.77. The summed E-state index contributed by atoms with van der Waals surface area (Å²) in [6.45, 7) is 0.711. The maximum atomic E-state index is 11.7. The second-order valence-electron chi connectivity index (χ2n) is 4.36. The largest absolute Gasteiger partial charge is 0.493 e. The Morgan fingerprint density at radius 2 is 2.19 bits per heavy atom. The molecule has 0 saturated carbocycles. The fourth-order valence-electron chi connectivity index (χ4n) is 2.02. The zero-order chi connectivity index (χ0) is 11.5. The van der Waals surface area contributed by atoms with Crippen LogP contribution >= 0.6 is 0 Å². The molecule has 3 heteroatoms. The van der Waals surface area contributed by atoms with Gasteiger partial charge in [0.25, 0.3) is 0 Å². The highest BCUT2D eigenvalue weighted by Gasteiger charge is 2.23. The van der Waals surface area contributed by atoms with E-state index in [9.17, 15) is 4.79 Å². The second kappa shape index (κ2) is 4.56. The van der Waals surface area contributed by atoms with E-state index in [1.165, 1.54) is 5.56 Å². The molecule has 86 valence electrons. The van der Waals surface area contributed by atoms with Gasteiger partial charge in [0.1, 0.15) is 5.75 Å². The van der Waals surface area contributed by atoms with Crippen molar-refractivity contribution in [2.24, 2.45) is 0 Å². The third-order valence-electron chi connectivity index (χ3n) is 3.00. The van der Waals surface area contributed by atoms with Crippen LogP contribution in [0, 0.1) is 0 Å². The molecule has 0 fully saturated rings. The number of rotatable bonds is 2. The van der Waals surface area contributed by atoms with Gasteiger partial charge in [-0.2, -0.15) is 0 Å². The van der Waals surface area contributed by atoms with E-state index in [1.807, 2.05) is 18.2 Å². The summed E-state index contributed by atoms with van der Waals surface area (Å²) in [5.74, 6) is 1.42. The van der Waals surface area contributed by atoms with Crippen molar-refractivity contribution >= 4 is 5.91 Å². The lowest BCUT2D eigenvalue weighted by Gasteiger charge is -2.26. The van der Waals surface area contributed by atoms with Crippen molar-refractivity contribution in [1.82, 2.24) is 4.90 Å². The van der Waals surface area contributed by atoms with Gasteiger partial charge >= 0.3 is 0 Å². The summed E-state index contributed by atoms with van der Waals surface area (Å²) in [6, 6.07) is 8.00. The molecule has 1 aliphatic heterocycles. The van der Waals surface area contributed by atoms with E-state index >= 15 is 0 Å². The number of nitrogens with zero attached hydrogens (tertiary/aromatic N) is 1. The summed E-state index contributed by atoms with van der Waals surface area (Å²) in [7, 11) is 3.60. The second-order valence-corrected chi connectivity index (χ2v) is 4.36. The average Bonchev–Trinajstić information content (AvgIpc) is 2.29. The number of hydrogen-bond donors (Lipinski definition) is 0. The Bertz CT molecular complexity index is 387. The van der Waals surface area contributed by atoms with Crippen LogP contribution in [0.2, 0.25) is 0 Å². The Morgan fingerprint density at radius 3 is 2.94 bits per heavy atom. The molecular weight excluding hydrogens is 202 g/mol. The number of fused-ring (bicyclic) bond motifs is 1. The highest BCUT2D eigenvalue weighted by molar-refractivity contribution is 5.76. The molecule has 1 aliphatic rings. The van der Waals surface area contributed by atoms with Crippen LogP contribution in [0.25, 0.3) is 0 Å². The van der Waals surface area contributed by atoms with Gasteiger partial charge in [-0.15, -0.1) is 0 Å². The summed E-state index contributed by atoms with van der Waals surface area (Å²) in [6.07, 6.45) is 1.50. The van der Waals surface area contributed by atoms with Gasteiger partial charge < -0.3 is 9.64 Å². The first-order valence-corrected chi connectivity index (χ1v) is 5.60. The lowest BCUT2D eigenvalue weighted by molar-refractivity contribution is -0.129. The SMILES string of the molecule is CN(C)C(=O)CC1CCOc2ccccc21. The molecule has 1 unspecified atom stereocenters. The Kier molecular flexibility index (Phi) is 3.13. The molecule has 0 saturated heterocycles. The molecule has 1 heterocycles. The van der Waals surface area contributed by atoms with E-state index in [-0.39, 0.29) is 5.91 Å². The molecule has 2 rings (SSSR count). The van der Waals surface area contributed by atoms with Crippen LogP contribution in [0.15, 0.2) is 24.3 Å². The molecule has 0 radical (unpaired) electrons. The summed E-state index contributed by atoms with van der Waals surface area (Å²) < 4.78 is 5.57. The smallest absolute Gasteiger partial charge is 0.222 e. The summed E-state index contributed by atoms with van der Waals surface area (Å²) >= 11 is 0. The topological polar surface area (TPSA) is 29.5 Å². The molecule has 1 amide bonds. The minimum Gasteiger partial charge on any atom is -0.493 e. The minimum atomic E-state index is 0.182. The van der Waals surface area contributed by atoms with Crippen molar-refractivity contribution in [3.8, 4) is 5.75 Å². The molecule has 3 nitrogen and oxygen atoms in total. The molecule has 16 heavy (non-hydrogen) atoms. The average molecular weight is 219 g/mol. The maximum Gasteiger partial charge on any atom is 0.222 e. The fourth-order valence-corrected chi connectivity index (χ4v) is 2.02. The maximum absolute atomic E-state index is 11.7. The molecule has 0 bridgehead atoms. The Morgan fingerprint density at radius 1 is 1.44 bits per heavy atom. The van der Waals surface area contributed by atoms with Crippen molar-refractivity contribution in [3.63, 3.8) is 0 Å². The van der Waals surface area contributed by atoms with Crippen molar-refractivity contribution < 1.29 is 9.53 Å². The highest BCUT2D eigenvalue weighted by atomic mass is 16.5. The van der Waals surface area contributed by atoms with Crippen LogP contribution in [0.4, 0.5) is 0 Å². The van der Waals surface area contributed by atoms with E-state index in [2.05, 4.69) is 6.07 Å². The first-order chi connectivity index (χ1) is 7.68. The first-order valence-electron chi connectivity index (χ1n) is 5.60. The molecular formula is C13H17NO2. The number of amides is 1. The molecule has 1 atom stereocenters. The monoisotopic (exact) mass is 219 g/mol. The highest BCUT2D eigenvalue weighted by Crippen LogP contribution is 2.35. The van der Waals surface area contributed by atoms with E-state index in [4.69, 9.17) is 4.74 Å². The van der Waals surface area contributed by atoms with Crippen LogP contribution < -0.4 is 4.74 Å². The first kappa shape index (κ1) is 11.0. The summed E-state index contributed by atoms with van der Waals surface area (Å²) in [5, 5.41) is 0. The molecule has 0 N–H and O–H groups in total. The molecule has 1 aromatic carbocycles. The van der Waals surface area contributed by atoms with E-state index in [1.54, 1.807) is 19.0 Å². The van der Waals surface area contributed by atoms with Gasteiger partial charge in [-0.25, -0.2) is 0 Å². The van der Waals surface area contributed by atoms with Gasteiger partial charge in [-0.05, 0) is 24.0 Å². The molecule has 1 aromatic rings. The quantitative estimate of drug-likeness (QED) is 0.761. The number of carbonyl (C=O) groups is 1. The van der Waals surface area contributed by atoms with Crippen molar-refractivity contribution in [2.75, 3.05) is 20.7 Å². The van der Waals surface area contributed by atoms with Gasteiger partial charge in [-0.3, -0.25) is 4.79 Å². The number of hydrogen-bond acceptors (Lipinski definition) is 2. The van der Waals surface area contributed by atoms with Gasteiger partial charge in [0.05, 0.1) is 6.61 Å². The van der Waals surface area contributed by atoms with Crippen molar-refractivity contribution in [3.05, 3.63) is 29.8 Å². The van der Waals surface area contributed by atoms with Gasteiger partial charge in [0.2, 0.25) is 5.91 Å². The normalized spacial score (nSPS) is 18.5. The lowest BCUT2D eigenvalue weighted by Crippen LogP contribution is -2.25. The standard InChI is InChI=1S/C13H17NO2/c1-14(2)13(15)9-10-7-8-16-12-6-4-3-5-11(10)12/h3-6,10H,7-9H2,1-2H3. The molecule has 0 aromatic heterocycles. The van der Waals surface area contributed by atoms with Gasteiger partial charge in [0.15, 0.2) is 0 Å². The van der Waals surface area contributed by atoms with Crippen molar-refractivity contribution in [2.45, 2.75) is 18.8 Å². The van der Waals surface area contributed by atoms with E-state index < -0.39 is 0 Å². The predicted octanol–water partition coefficient (Wildman–Crippen LogP) is 2.03. The number of para-hydroxylation sites is 1. The van der Waals surface area contributed by atoms with Gasteiger partial charge in [-0.1, -0.05) is 18.2 Å². The van der Waals surface area contributed by atoms with Gasteiger partial charge in [0, 0.05) is 20.5 Å². The summed E-state index contributed by atoms with van der Waals surface area (Å²) in [4.78, 5) is 13.4. The Labute approximate surface area is 96.0 Å². The number of carbonyl (C=O) groups excluding carboxylic acids is 1. The Balaban J connectivity index is 2.16. The number of benzene rings is 1. The number of ether oxygens (including phenoxy) is 1.